The summed E-state index contributed by atoms with van der Waals surface area (Å²) in [5, 5.41) is 10.7. The van der Waals surface area contributed by atoms with Crippen LogP contribution in [0.2, 0.25) is 0 Å². The molecule has 2 heteroatoms. The second kappa shape index (κ2) is 8.26. The summed E-state index contributed by atoms with van der Waals surface area (Å²) in [4.78, 5) is 2.66. The summed E-state index contributed by atoms with van der Waals surface area (Å²) in [5.74, 6) is 0. The Morgan fingerprint density at radius 3 is 1.03 bits per heavy atom. The van der Waals surface area contributed by atoms with Gasteiger partial charge in [-0.2, -0.15) is 0 Å². The molecule has 0 aliphatic rings. The molecule has 2 heterocycles. The normalized spacial score (nSPS) is 11.9. The second-order valence-electron chi connectivity index (χ2n) is 10.3. The highest BCUT2D eigenvalue weighted by molar-refractivity contribution is 7.22. The minimum atomic E-state index is 1.29. The van der Waals surface area contributed by atoms with Crippen molar-refractivity contribution in [2.24, 2.45) is 0 Å². The molecule has 38 heavy (non-hydrogen) atoms. The van der Waals surface area contributed by atoms with Crippen molar-refractivity contribution < 1.29 is 0 Å². The first-order valence-electron chi connectivity index (χ1n) is 13.0. The fraction of sp³-hybridized carbons (Fsp3) is 0.0556. The summed E-state index contributed by atoms with van der Waals surface area (Å²) < 4.78 is 2.69. The van der Waals surface area contributed by atoms with Crippen LogP contribution in [-0.4, -0.2) is 0 Å². The van der Waals surface area contributed by atoms with Gasteiger partial charge in [-0.1, -0.05) is 96.1 Å². The Kier molecular flexibility index (Phi) is 4.79. The van der Waals surface area contributed by atoms with Gasteiger partial charge in [0.15, 0.2) is 0 Å². The van der Waals surface area contributed by atoms with Crippen LogP contribution >= 0.6 is 22.7 Å². The number of rotatable bonds is 2. The maximum Gasteiger partial charge on any atom is 0.0355 e. The Balaban J connectivity index is 1.32. The molecule has 0 aliphatic carbocycles. The zero-order valence-electron chi connectivity index (χ0n) is 21.2. The van der Waals surface area contributed by atoms with Crippen LogP contribution < -0.4 is 0 Å². The van der Waals surface area contributed by atoms with Gasteiger partial charge in [-0.05, 0) is 81.6 Å². The van der Waals surface area contributed by atoms with E-state index in [0.29, 0.717) is 0 Å². The largest absolute Gasteiger partial charge is 0.135 e. The van der Waals surface area contributed by atoms with Crippen LogP contribution in [0.15, 0.2) is 109 Å². The Hall–Kier alpha value is -3.98. The third-order valence-corrected chi connectivity index (χ3v) is 10.2. The maximum atomic E-state index is 2.38. The van der Waals surface area contributed by atoms with E-state index in [9.17, 15) is 0 Å². The van der Waals surface area contributed by atoms with E-state index in [-0.39, 0.29) is 0 Å². The number of benzene rings is 6. The SMILES string of the molecule is Cc1ccc(-c2cc3c(ccc4c3ccc3c5ccc6sc(-c7ccc(C)cc7)cc6c5ccc43)s2)cc1. The lowest BCUT2D eigenvalue weighted by Crippen LogP contribution is -1.82. The quantitative estimate of drug-likeness (QED) is 0.199. The van der Waals surface area contributed by atoms with Crippen molar-refractivity contribution in [1.82, 2.24) is 0 Å². The highest BCUT2D eigenvalue weighted by atomic mass is 32.1. The lowest BCUT2D eigenvalue weighted by molar-refractivity contribution is 1.48. The molecule has 6 aromatic carbocycles. The van der Waals surface area contributed by atoms with Crippen molar-refractivity contribution in [3.8, 4) is 20.9 Å². The van der Waals surface area contributed by atoms with E-state index in [1.165, 1.54) is 84.5 Å². The van der Waals surface area contributed by atoms with Gasteiger partial charge in [-0.3, -0.25) is 0 Å². The molecule has 0 fully saturated rings. The standard InChI is InChI=1S/C36H24S2/c1-21-3-7-23(8-4-21)35-19-31-29-13-11-26-25(27(29)15-17-33(31)37-35)12-14-30-28(26)16-18-34-32(30)20-36(38-34)24-9-5-22(2)6-10-24/h3-20H,1-2H3. The summed E-state index contributed by atoms with van der Waals surface area (Å²) in [6.07, 6.45) is 0. The van der Waals surface area contributed by atoms with Crippen LogP contribution in [0.1, 0.15) is 11.1 Å². The minimum absolute atomic E-state index is 1.29. The first-order chi connectivity index (χ1) is 18.6. The van der Waals surface area contributed by atoms with E-state index in [0.717, 1.165) is 0 Å². The molecule has 0 radical (unpaired) electrons. The van der Waals surface area contributed by atoms with Crippen molar-refractivity contribution in [2.45, 2.75) is 13.8 Å². The van der Waals surface area contributed by atoms with Gasteiger partial charge in [0, 0.05) is 29.9 Å². The number of hydrogen-bond donors (Lipinski definition) is 0. The Labute approximate surface area is 229 Å². The first-order valence-corrected chi connectivity index (χ1v) is 14.6. The summed E-state index contributed by atoms with van der Waals surface area (Å²) in [5.41, 5.74) is 5.18. The molecule has 0 aliphatic heterocycles. The van der Waals surface area contributed by atoms with Crippen LogP contribution in [-0.2, 0) is 0 Å². The summed E-state index contributed by atoms with van der Waals surface area (Å²) >= 11 is 3.77. The van der Waals surface area contributed by atoms with Gasteiger partial charge in [0.2, 0.25) is 0 Å². The minimum Gasteiger partial charge on any atom is -0.135 e. The van der Waals surface area contributed by atoms with Crippen molar-refractivity contribution in [2.75, 3.05) is 0 Å². The molecule has 0 saturated carbocycles. The highest BCUT2D eigenvalue weighted by Gasteiger charge is 2.13. The van der Waals surface area contributed by atoms with E-state index in [1.54, 1.807) is 0 Å². The molecule has 0 amide bonds. The number of fused-ring (bicyclic) bond motifs is 9. The van der Waals surface area contributed by atoms with Crippen LogP contribution in [0, 0.1) is 13.8 Å². The summed E-state index contributed by atoms with van der Waals surface area (Å²) in [6, 6.07) is 41.1. The molecule has 0 nitrogen and oxygen atoms in total. The molecular formula is C36H24S2. The van der Waals surface area contributed by atoms with Crippen LogP contribution in [0.5, 0.6) is 0 Å². The molecule has 2 aromatic heterocycles. The Morgan fingerprint density at radius 2 is 0.658 bits per heavy atom. The lowest BCUT2D eigenvalue weighted by Gasteiger charge is -2.09. The van der Waals surface area contributed by atoms with Crippen molar-refractivity contribution in [3.05, 3.63) is 120 Å². The fourth-order valence-electron chi connectivity index (χ4n) is 5.80. The lowest BCUT2D eigenvalue weighted by atomic mass is 9.94. The Bertz CT molecular complexity index is 2010. The third-order valence-electron chi connectivity index (χ3n) is 7.86. The molecule has 0 atom stereocenters. The molecule has 0 unspecified atom stereocenters. The molecular weight excluding hydrogens is 497 g/mol. The zero-order valence-corrected chi connectivity index (χ0v) is 22.8. The van der Waals surface area contributed by atoms with Crippen LogP contribution in [0.3, 0.4) is 0 Å². The van der Waals surface area contributed by atoms with E-state index < -0.39 is 0 Å². The smallest absolute Gasteiger partial charge is 0.0355 e. The Morgan fingerprint density at radius 1 is 0.342 bits per heavy atom. The van der Waals surface area contributed by atoms with Gasteiger partial charge < -0.3 is 0 Å². The number of hydrogen-bond acceptors (Lipinski definition) is 2. The van der Waals surface area contributed by atoms with E-state index in [4.69, 9.17) is 0 Å². The van der Waals surface area contributed by atoms with Gasteiger partial charge in [-0.15, -0.1) is 22.7 Å². The van der Waals surface area contributed by atoms with Crippen molar-refractivity contribution in [3.63, 3.8) is 0 Å². The predicted molar refractivity (Wildman–Crippen MR) is 170 cm³/mol. The van der Waals surface area contributed by atoms with Crippen LogP contribution in [0.4, 0.5) is 0 Å². The molecule has 0 spiro atoms. The van der Waals surface area contributed by atoms with Gasteiger partial charge in [0.25, 0.3) is 0 Å². The second-order valence-corrected chi connectivity index (χ2v) is 12.5. The molecule has 8 aromatic rings. The van der Waals surface area contributed by atoms with Gasteiger partial charge in [-0.25, -0.2) is 0 Å². The van der Waals surface area contributed by atoms with Gasteiger partial charge in [0.1, 0.15) is 0 Å². The summed E-state index contributed by atoms with van der Waals surface area (Å²) in [7, 11) is 0. The third kappa shape index (κ3) is 3.34. The van der Waals surface area contributed by atoms with E-state index >= 15 is 0 Å². The average molecular weight is 521 g/mol. The van der Waals surface area contributed by atoms with E-state index in [2.05, 4.69) is 123 Å². The average Bonchev–Trinajstić information content (AvgIpc) is 3.58. The van der Waals surface area contributed by atoms with E-state index in [1.807, 2.05) is 22.7 Å². The van der Waals surface area contributed by atoms with Gasteiger partial charge in [0.05, 0.1) is 0 Å². The van der Waals surface area contributed by atoms with Crippen LogP contribution in [0.25, 0.3) is 73.4 Å². The highest BCUT2D eigenvalue weighted by Crippen LogP contribution is 2.43. The summed E-state index contributed by atoms with van der Waals surface area (Å²) in [6.45, 7) is 4.28. The maximum absolute atomic E-state index is 2.38. The molecule has 8 rings (SSSR count). The molecule has 0 saturated heterocycles. The topological polar surface area (TPSA) is 0 Å². The zero-order chi connectivity index (χ0) is 25.4. The van der Waals surface area contributed by atoms with Gasteiger partial charge >= 0.3 is 0 Å². The van der Waals surface area contributed by atoms with Crippen molar-refractivity contribution in [1.29, 1.82) is 0 Å². The molecule has 180 valence electrons. The monoisotopic (exact) mass is 520 g/mol. The number of aryl methyl sites for hydroxylation is 2. The van der Waals surface area contributed by atoms with Crippen molar-refractivity contribution >= 4 is 75.2 Å². The molecule has 0 bridgehead atoms. The first kappa shape index (κ1) is 22.0. The fourth-order valence-corrected chi connectivity index (χ4v) is 7.96. The predicted octanol–water partition coefficient (Wildman–Crippen LogP) is 11.5. The molecule has 0 N–H and O–H groups in total. The number of thiophene rings is 2.